The molecule has 5 heteroatoms. The number of rotatable bonds is 8. The van der Waals surface area contributed by atoms with Crippen LogP contribution in [0.15, 0.2) is 18.2 Å². The maximum absolute atomic E-state index is 13.3. The molecule has 100 valence electrons. The first-order valence-electron chi connectivity index (χ1n) is 5.66. The highest BCUT2D eigenvalue weighted by molar-refractivity contribution is 5.80. The molecule has 1 aromatic carbocycles. The molecule has 0 aliphatic rings. The lowest BCUT2D eigenvalue weighted by Crippen LogP contribution is -2.10. The van der Waals surface area contributed by atoms with Crippen molar-refractivity contribution in [3.63, 3.8) is 0 Å². The van der Waals surface area contributed by atoms with E-state index in [4.69, 9.17) is 9.47 Å². The molecule has 1 aromatic rings. The van der Waals surface area contributed by atoms with Crippen LogP contribution < -0.4 is 0 Å². The zero-order chi connectivity index (χ0) is 13.4. The van der Waals surface area contributed by atoms with Gasteiger partial charge in [-0.15, -0.1) is 0 Å². The van der Waals surface area contributed by atoms with Gasteiger partial charge in [0.2, 0.25) is 0 Å². The molecular formula is C13H16F2O3. The highest BCUT2D eigenvalue weighted by Gasteiger charge is 2.09. The molecule has 0 unspecified atom stereocenters. The van der Waals surface area contributed by atoms with Crippen LogP contribution in [-0.2, 0) is 20.7 Å². The van der Waals surface area contributed by atoms with Crippen molar-refractivity contribution in [1.82, 2.24) is 0 Å². The lowest BCUT2D eigenvalue weighted by atomic mass is 10.1. The molecule has 18 heavy (non-hydrogen) atoms. The Hall–Kier alpha value is -1.33. The van der Waals surface area contributed by atoms with E-state index in [1.165, 1.54) is 6.07 Å². The Morgan fingerprint density at radius 1 is 1.22 bits per heavy atom. The first-order chi connectivity index (χ1) is 8.63. The number of carbonyl (C=O) groups excluding carboxylic acids is 1. The molecule has 0 atom stereocenters. The highest BCUT2D eigenvalue weighted by atomic mass is 19.1. The first-order valence-corrected chi connectivity index (χ1v) is 5.66. The first kappa shape index (κ1) is 14.7. The van der Waals surface area contributed by atoms with Gasteiger partial charge in [0.25, 0.3) is 0 Å². The number of hydrogen-bond acceptors (Lipinski definition) is 3. The molecule has 0 amide bonds. The summed E-state index contributed by atoms with van der Waals surface area (Å²) in [6.45, 7) is 1.18. The molecular weight excluding hydrogens is 242 g/mol. The number of ether oxygens (including phenoxy) is 2. The van der Waals surface area contributed by atoms with Crippen LogP contribution in [0.1, 0.15) is 12.0 Å². The van der Waals surface area contributed by atoms with E-state index in [1.807, 2.05) is 0 Å². The van der Waals surface area contributed by atoms with Gasteiger partial charge in [-0.3, -0.25) is 4.79 Å². The van der Waals surface area contributed by atoms with E-state index in [0.717, 1.165) is 12.1 Å². The van der Waals surface area contributed by atoms with E-state index in [9.17, 15) is 13.6 Å². The third-order valence-corrected chi connectivity index (χ3v) is 2.36. The zero-order valence-corrected chi connectivity index (χ0v) is 10.2. The molecule has 0 fully saturated rings. The zero-order valence-electron chi connectivity index (χ0n) is 10.2. The minimum atomic E-state index is -0.691. The number of halogens is 2. The highest BCUT2D eigenvalue weighted by Crippen LogP contribution is 2.11. The molecule has 0 spiro atoms. The van der Waals surface area contributed by atoms with E-state index in [-0.39, 0.29) is 30.8 Å². The van der Waals surface area contributed by atoms with Gasteiger partial charge in [-0.1, -0.05) is 6.07 Å². The van der Waals surface area contributed by atoms with Crippen LogP contribution in [-0.4, -0.2) is 32.7 Å². The van der Waals surface area contributed by atoms with Crippen LogP contribution in [0.25, 0.3) is 0 Å². The van der Waals surface area contributed by atoms with Crippen molar-refractivity contribution in [3.8, 4) is 0 Å². The van der Waals surface area contributed by atoms with Crippen molar-refractivity contribution in [2.45, 2.75) is 12.8 Å². The molecule has 0 saturated carbocycles. The second-order valence-electron chi connectivity index (χ2n) is 3.81. The van der Waals surface area contributed by atoms with Crippen molar-refractivity contribution >= 4 is 5.78 Å². The normalized spacial score (nSPS) is 10.6. The van der Waals surface area contributed by atoms with Crippen LogP contribution in [0.5, 0.6) is 0 Å². The van der Waals surface area contributed by atoms with E-state index in [1.54, 1.807) is 7.11 Å². The number of hydrogen-bond donors (Lipinski definition) is 0. The monoisotopic (exact) mass is 258 g/mol. The summed E-state index contributed by atoms with van der Waals surface area (Å²) in [5.74, 6) is -1.48. The molecule has 0 heterocycles. The number of methoxy groups -OCH3 is 1. The fourth-order valence-corrected chi connectivity index (χ4v) is 1.40. The quantitative estimate of drug-likeness (QED) is 0.670. The van der Waals surface area contributed by atoms with E-state index in [2.05, 4.69) is 0 Å². The average Bonchev–Trinajstić information content (AvgIpc) is 2.32. The Kier molecular flexibility index (Phi) is 6.46. The van der Waals surface area contributed by atoms with Gasteiger partial charge in [-0.2, -0.15) is 0 Å². The Balaban J connectivity index is 2.31. The van der Waals surface area contributed by atoms with Gasteiger partial charge in [0.05, 0.1) is 19.8 Å². The van der Waals surface area contributed by atoms with Crippen molar-refractivity contribution in [3.05, 3.63) is 35.4 Å². The molecule has 0 saturated heterocycles. The van der Waals surface area contributed by atoms with Gasteiger partial charge in [0.1, 0.15) is 17.4 Å². The summed E-state index contributed by atoms with van der Waals surface area (Å²) in [5, 5.41) is 0. The molecule has 0 aliphatic heterocycles. The minimum Gasteiger partial charge on any atom is -0.382 e. The third kappa shape index (κ3) is 5.33. The fourth-order valence-electron chi connectivity index (χ4n) is 1.40. The summed E-state index contributed by atoms with van der Waals surface area (Å²) in [4.78, 5) is 11.5. The maximum atomic E-state index is 13.3. The predicted octanol–water partition coefficient (Wildman–Crippen LogP) is 2.13. The largest absolute Gasteiger partial charge is 0.382 e. The lowest BCUT2D eigenvalue weighted by Gasteiger charge is -2.04. The van der Waals surface area contributed by atoms with Crippen molar-refractivity contribution in [2.75, 3.05) is 26.9 Å². The third-order valence-electron chi connectivity index (χ3n) is 2.36. The van der Waals surface area contributed by atoms with Gasteiger partial charge < -0.3 is 9.47 Å². The van der Waals surface area contributed by atoms with E-state index < -0.39 is 11.6 Å². The molecule has 0 aromatic heterocycles. The fraction of sp³-hybridized carbons (Fsp3) is 0.462. The molecule has 0 radical (unpaired) electrons. The van der Waals surface area contributed by atoms with E-state index in [0.29, 0.717) is 13.2 Å². The Morgan fingerprint density at radius 2 is 2.00 bits per heavy atom. The van der Waals surface area contributed by atoms with Gasteiger partial charge in [-0.25, -0.2) is 8.78 Å². The van der Waals surface area contributed by atoms with Crippen molar-refractivity contribution < 1.29 is 23.0 Å². The second-order valence-corrected chi connectivity index (χ2v) is 3.81. The van der Waals surface area contributed by atoms with Gasteiger partial charge in [0, 0.05) is 26.0 Å². The average molecular weight is 258 g/mol. The Morgan fingerprint density at radius 3 is 2.67 bits per heavy atom. The summed E-state index contributed by atoms with van der Waals surface area (Å²) >= 11 is 0. The Labute approximate surface area is 105 Å². The van der Waals surface area contributed by atoms with Gasteiger partial charge in [-0.05, 0) is 11.6 Å². The number of benzene rings is 1. The second kappa shape index (κ2) is 7.89. The SMILES string of the molecule is COCCOCCC(=O)Cc1ccc(F)cc1F. The summed E-state index contributed by atoms with van der Waals surface area (Å²) in [5.41, 5.74) is 0.207. The molecule has 0 bridgehead atoms. The predicted molar refractivity (Wildman–Crippen MR) is 62.4 cm³/mol. The number of Topliss-reactive ketones (excluding diaryl/α,β-unsaturated/α-hetero) is 1. The summed E-state index contributed by atoms with van der Waals surface area (Å²) in [6.07, 6.45) is 0.167. The van der Waals surface area contributed by atoms with Gasteiger partial charge in [0.15, 0.2) is 0 Å². The lowest BCUT2D eigenvalue weighted by molar-refractivity contribution is -0.119. The van der Waals surface area contributed by atoms with Crippen molar-refractivity contribution in [1.29, 1.82) is 0 Å². The minimum absolute atomic E-state index is 0.0419. The summed E-state index contributed by atoms with van der Waals surface area (Å²) in [6, 6.07) is 3.20. The smallest absolute Gasteiger partial charge is 0.139 e. The number of carbonyl (C=O) groups is 1. The van der Waals surface area contributed by atoms with Crippen LogP contribution in [0.3, 0.4) is 0 Å². The summed E-state index contributed by atoms with van der Waals surface area (Å²) in [7, 11) is 1.56. The maximum Gasteiger partial charge on any atom is 0.139 e. The standard InChI is InChI=1S/C13H16F2O3/c1-17-6-7-18-5-4-12(16)8-10-2-3-11(14)9-13(10)15/h2-3,9H,4-8H2,1H3. The topological polar surface area (TPSA) is 35.5 Å². The molecule has 0 aliphatic carbocycles. The van der Waals surface area contributed by atoms with Crippen LogP contribution in [0.2, 0.25) is 0 Å². The molecule has 3 nitrogen and oxygen atoms in total. The van der Waals surface area contributed by atoms with Crippen LogP contribution in [0.4, 0.5) is 8.78 Å². The summed E-state index contributed by atoms with van der Waals surface area (Å²) < 4.78 is 35.8. The van der Waals surface area contributed by atoms with Crippen molar-refractivity contribution in [2.24, 2.45) is 0 Å². The molecule has 0 N–H and O–H groups in total. The Bertz CT molecular complexity index is 394. The van der Waals surface area contributed by atoms with Crippen LogP contribution >= 0.6 is 0 Å². The molecule has 1 rings (SSSR count). The van der Waals surface area contributed by atoms with Gasteiger partial charge >= 0.3 is 0 Å². The van der Waals surface area contributed by atoms with Crippen LogP contribution in [0, 0.1) is 11.6 Å². The number of ketones is 1. The van der Waals surface area contributed by atoms with E-state index >= 15 is 0 Å².